The summed E-state index contributed by atoms with van der Waals surface area (Å²) in [5.41, 5.74) is 13.3. The summed E-state index contributed by atoms with van der Waals surface area (Å²) in [6.07, 6.45) is 21.3. The Labute approximate surface area is 144 Å². The zero-order valence-electron chi connectivity index (χ0n) is 13.2. The maximum Gasteiger partial charge on any atom is 0.0888 e. The Morgan fingerprint density at radius 3 is 1.52 bits per heavy atom. The maximum absolute atomic E-state index is 6.09. The van der Waals surface area contributed by atoms with Crippen LogP contribution in [-0.2, 0) is 0 Å². The second-order valence-electron chi connectivity index (χ2n) is 5.98. The summed E-state index contributed by atoms with van der Waals surface area (Å²) in [7, 11) is 0. The number of nitrogens with two attached hydrogens (primary N) is 1. The summed E-state index contributed by atoms with van der Waals surface area (Å²) in [5.74, 6) is 0. The van der Waals surface area contributed by atoms with E-state index >= 15 is 0 Å². The predicted molar refractivity (Wildman–Crippen MR) is 102 cm³/mol. The van der Waals surface area contributed by atoms with Gasteiger partial charge in [0, 0.05) is 0 Å². The van der Waals surface area contributed by atoms with Crippen molar-refractivity contribution in [2.75, 3.05) is 0 Å². The Hall–Kier alpha value is -3.60. The summed E-state index contributed by atoms with van der Waals surface area (Å²) >= 11 is 0. The monoisotopic (exact) mass is 323 g/mol. The fraction of sp³-hybridized carbons (Fsp3) is 0. The summed E-state index contributed by atoms with van der Waals surface area (Å²) in [4.78, 5) is 18.3. The Kier molecular flexibility index (Phi) is 2.87. The standard InChI is InChI=1S/C20H13N5/c21-19-10-18-9-16-4-3-14(23-16)7-12-1-2-13(22-12)8-15-5-6-17(24-15)11-20(19)25-18/h1-11H,21H2. The third-order valence-electron chi connectivity index (χ3n) is 4.07. The van der Waals surface area contributed by atoms with Crippen molar-refractivity contribution in [3.05, 3.63) is 95.3 Å². The van der Waals surface area contributed by atoms with E-state index in [1.807, 2.05) is 66.8 Å². The van der Waals surface area contributed by atoms with Gasteiger partial charge in [0.15, 0.2) is 0 Å². The predicted octanol–water partition coefficient (Wildman–Crippen LogP) is 2.87. The van der Waals surface area contributed by atoms with Gasteiger partial charge in [0.05, 0.1) is 51.3 Å². The van der Waals surface area contributed by atoms with Crippen LogP contribution in [0.4, 0.5) is 0 Å². The fourth-order valence-electron chi connectivity index (χ4n) is 2.92. The number of aliphatic imine (C=N–C) groups is 4. The third-order valence-corrected chi connectivity index (χ3v) is 4.07. The van der Waals surface area contributed by atoms with Gasteiger partial charge >= 0.3 is 0 Å². The first-order valence-electron chi connectivity index (χ1n) is 7.95. The van der Waals surface area contributed by atoms with E-state index in [1.54, 1.807) is 0 Å². The Bertz CT molecular complexity index is 1070. The molecule has 2 N–H and O–H groups in total. The van der Waals surface area contributed by atoms with Crippen LogP contribution < -0.4 is 5.73 Å². The van der Waals surface area contributed by atoms with Crippen LogP contribution in [0.3, 0.4) is 0 Å². The third kappa shape index (κ3) is 2.61. The first kappa shape index (κ1) is 13.8. The van der Waals surface area contributed by atoms with Crippen LogP contribution in [0.2, 0.25) is 0 Å². The Morgan fingerprint density at radius 2 is 0.960 bits per heavy atom. The van der Waals surface area contributed by atoms with Crippen LogP contribution in [0, 0.1) is 0 Å². The number of hydrogen-bond donors (Lipinski definition) is 1. The average Bonchev–Trinajstić information content (AvgIpc) is 3.33. The lowest BCUT2D eigenvalue weighted by molar-refractivity contribution is 1.41. The van der Waals surface area contributed by atoms with Crippen LogP contribution in [0.15, 0.2) is 115 Å². The molecule has 0 radical (unpaired) electrons. The molecule has 8 bridgehead atoms. The summed E-state index contributed by atoms with van der Waals surface area (Å²) in [6.45, 7) is 0. The lowest BCUT2D eigenvalue weighted by Gasteiger charge is -1.95. The maximum atomic E-state index is 6.09. The van der Waals surface area contributed by atoms with E-state index < -0.39 is 0 Å². The van der Waals surface area contributed by atoms with Gasteiger partial charge in [0.25, 0.3) is 0 Å². The Balaban J connectivity index is 1.66. The smallest absolute Gasteiger partial charge is 0.0888 e. The molecule has 5 heteroatoms. The van der Waals surface area contributed by atoms with Gasteiger partial charge < -0.3 is 5.73 Å². The molecule has 5 aliphatic heterocycles. The number of nitrogens with zero attached hydrogens (tertiary/aromatic N) is 4. The first-order chi connectivity index (χ1) is 12.2. The van der Waals surface area contributed by atoms with Crippen LogP contribution >= 0.6 is 0 Å². The number of fused-ring (bicyclic) bond motifs is 4. The van der Waals surface area contributed by atoms with Crippen molar-refractivity contribution in [1.82, 2.24) is 0 Å². The van der Waals surface area contributed by atoms with Crippen molar-refractivity contribution in [2.45, 2.75) is 0 Å². The number of allylic oxidation sites excluding steroid dienone is 11. The molecule has 5 rings (SSSR count). The average molecular weight is 323 g/mol. The number of hydrogen-bond acceptors (Lipinski definition) is 5. The van der Waals surface area contributed by atoms with Gasteiger partial charge in [-0.25, -0.2) is 20.0 Å². The molecule has 5 nitrogen and oxygen atoms in total. The summed E-state index contributed by atoms with van der Waals surface area (Å²) < 4.78 is 0. The molecule has 0 aromatic heterocycles. The van der Waals surface area contributed by atoms with Gasteiger partial charge in [-0.15, -0.1) is 0 Å². The lowest BCUT2D eigenvalue weighted by Crippen LogP contribution is -2.05. The summed E-state index contributed by atoms with van der Waals surface area (Å²) in [5, 5.41) is 0. The molecule has 5 heterocycles. The van der Waals surface area contributed by atoms with E-state index in [1.165, 1.54) is 0 Å². The molecular formula is C20H13N5. The van der Waals surface area contributed by atoms with Crippen molar-refractivity contribution in [2.24, 2.45) is 25.7 Å². The van der Waals surface area contributed by atoms with Crippen molar-refractivity contribution in [3.63, 3.8) is 0 Å². The molecule has 0 fully saturated rings. The molecule has 0 amide bonds. The van der Waals surface area contributed by atoms with E-state index in [0.29, 0.717) is 5.70 Å². The minimum atomic E-state index is 0.629. The van der Waals surface area contributed by atoms with E-state index in [-0.39, 0.29) is 0 Å². The zero-order valence-corrected chi connectivity index (χ0v) is 13.2. The molecule has 118 valence electrons. The highest BCUT2D eigenvalue weighted by molar-refractivity contribution is 6.15. The molecule has 0 spiro atoms. The van der Waals surface area contributed by atoms with Crippen LogP contribution in [-0.4, -0.2) is 22.8 Å². The lowest BCUT2D eigenvalue weighted by atomic mass is 10.2. The second-order valence-corrected chi connectivity index (χ2v) is 5.98. The molecule has 0 atom stereocenters. The van der Waals surface area contributed by atoms with Gasteiger partial charge in [0.2, 0.25) is 0 Å². The van der Waals surface area contributed by atoms with E-state index in [4.69, 9.17) is 5.73 Å². The molecule has 5 aliphatic rings. The molecular weight excluding hydrogens is 310 g/mol. The van der Waals surface area contributed by atoms with Gasteiger partial charge in [-0.3, -0.25) is 0 Å². The van der Waals surface area contributed by atoms with Crippen LogP contribution in [0.1, 0.15) is 0 Å². The highest BCUT2D eigenvalue weighted by Gasteiger charge is 2.14. The van der Waals surface area contributed by atoms with Gasteiger partial charge in [-0.1, -0.05) is 0 Å². The normalized spacial score (nSPS) is 22.6. The van der Waals surface area contributed by atoms with Crippen LogP contribution in [0.25, 0.3) is 0 Å². The van der Waals surface area contributed by atoms with E-state index in [2.05, 4.69) is 20.0 Å². The molecule has 25 heavy (non-hydrogen) atoms. The van der Waals surface area contributed by atoms with Crippen LogP contribution in [0.5, 0.6) is 0 Å². The van der Waals surface area contributed by atoms with Gasteiger partial charge in [-0.2, -0.15) is 0 Å². The highest BCUT2D eigenvalue weighted by atomic mass is 14.9. The van der Waals surface area contributed by atoms with Crippen molar-refractivity contribution in [3.8, 4) is 0 Å². The first-order valence-corrected chi connectivity index (χ1v) is 7.95. The number of rotatable bonds is 0. The van der Waals surface area contributed by atoms with Crippen molar-refractivity contribution < 1.29 is 0 Å². The van der Waals surface area contributed by atoms with Gasteiger partial charge in [0.1, 0.15) is 0 Å². The largest absolute Gasteiger partial charge is 0.397 e. The zero-order chi connectivity index (χ0) is 16.8. The minimum absolute atomic E-state index is 0.629. The molecule has 0 aliphatic carbocycles. The Morgan fingerprint density at radius 1 is 0.480 bits per heavy atom. The SMILES string of the molecule is NC1=CC2=CC3=NC(=CC4=NC(=CC5=NC(=CC1=N2)C=C5)C=C4)C=C3. The topological polar surface area (TPSA) is 75.5 Å². The second kappa shape index (κ2) is 5.21. The minimum Gasteiger partial charge on any atom is -0.397 e. The molecule has 0 saturated carbocycles. The quantitative estimate of drug-likeness (QED) is 0.731. The fourth-order valence-corrected chi connectivity index (χ4v) is 2.92. The molecule has 0 aromatic carbocycles. The molecule has 0 saturated heterocycles. The van der Waals surface area contributed by atoms with Crippen molar-refractivity contribution in [1.29, 1.82) is 0 Å². The summed E-state index contributed by atoms with van der Waals surface area (Å²) in [6, 6.07) is 0. The van der Waals surface area contributed by atoms with Crippen molar-refractivity contribution >= 4 is 22.8 Å². The highest BCUT2D eigenvalue weighted by Crippen LogP contribution is 2.21. The van der Waals surface area contributed by atoms with E-state index in [9.17, 15) is 0 Å². The molecule has 0 unspecified atom stereocenters. The van der Waals surface area contributed by atoms with E-state index in [0.717, 1.165) is 45.6 Å². The molecule has 0 aromatic rings. The van der Waals surface area contributed by atoms with Gasteiger partial charge in [-0.05, 0) is 66.8 Å².